The van der Waals surface area contributed by atoms with Gasteiger partial charge in [-0.3, -0.25) is 0 Å². The molecule has 5 nitrogen and oxygen atoms in total. The molecule has 0 aliphatic rings. The van der Waals surface area contributed by atoms with Crippen molar-refractivity contribution in [1.82, 2.24) is 4.72 Å². The first-order valence-electron chi connectivity index (χ1n) is 5.04. The molecular formula is C10H14ClNO4S. The van der Waals surface area contributed by atoms with Crippen LogP contribution in [0.2, 0.25) is 5.02 Å². The summed E-state index contributed by atoms with van der Waals surface area (Å²) in [6, 6.07) is 4.21. The number of ether oxygens (including phenoxy) is 1. The van der Waals surface area contributed by atoms with E-state index in [1.807, 2.05) is 6.92 Å². The first-order chi connectivity index (χ1) is 8.01. The Morgan fingerprint density at radius 3 is 2.71 bits per heavy atom. The fourth-order valence-corrected chi connectivity index (χ4v) is 2.53. The molecule has 0 fully saturated rings. The van der Waals surface area contributed by atoms with E-state index in [-0.39, 0.29) is 23.1 Å². The topological polar surface area (TPSA) is 75.6 Å². The largest absolute Gasteiger partial charge is 0.492 e. The van der Waals surface area contributed by atoms with Crippen molar-refractivity contribution in [2.75, 3.05) is 19.8 Å². The molecule has 0 aromatic heterocycles. The molecule has 0 heterocycles. The zero-order chi connectivity index (χ0) is 12.9. The highest BCUT2D eigenvalue weighted by Gasteiger charge is 2.15. The van der Waals surface area contributed by atoms with Gasteiger partial charge in [-0.25, -0.2) is 13.1 Å². The molecule has 2 N–H and O–H groups in total. The zero-order valence-corrected chi connectivity index (χ0v) is 10.9. The minimum Gasteiger partial charge on any atom is -0.492 e. The summed E-state index contributed by atoms with van der Waals surface area (Å²) in [5.41, 5.74) is 0. The van der Waals surface area contributed by atoms with Gasteiger partial charge in [0.15, 0.2) is 0 Å². The molecule has 0 atom stereocenters. The summed E-state index contributed by atoms with van der Waals surface area (Å²) < 4.78 is 30.8. The Bertz CT molecular complexity index is 475. The van der Waals surface area contributed by atoms with Gasteiger partial charge >= 0.3 is 0 Å². The van der Waals surface area contributed by atoms with Crippen LogP contribution in [0.4, 0.5) is 0 Å². The molecule has 7 heteroatoms. The van der Waals surface area contributed by atoms with Crippen LogP contribution in [0.1, 0.15) is 6.92 Å². The summed E-state index contributed by atoms with van der Waals surface area (Å²) in [7, 11) is -3.63. The molecule has 1 rings (SSSR count). The number of sulfonamides is 1. The van der Waals surface area contributed by atoms with Crippen LogP contribution < -0.4 is 9.46 Å². The fourth-order valence-electron chi connectivity index (χ4n) is 1.18. The molecule has 0 saturated carbocycles. The van der Waals surface area contributed by atoms with E-state index < -0.39 is 10.0 Å². The van der Waals surface area contributed by atoms with Crippen LogP contribution in [0.3, 0.4) is 0 Å². The van der Waals surface area contributed by atoms with Crippen molar-refractivity contribution >= 4 is 21.6 Å². The molecule has 0 spiro atoms. The number of aliphatic hydroxyl groups is 1. The highest BCUT2D eigenvalue weighted by atomic mass is 35.5. The van der Waals surface area contributed by atoms with E-state index >= 15 is 0 Å². The highest BCUT2D eigenvalue weighted by Crippen LogP contribution is 2.27. The second kappa shape index (κ2) is 6.20. The third-order valence-corrected chi connectivity index (χ3v) is 3.67. The van der Waals surface area contributed by atoms with Crippen molar-refractivity contribution in [2.24, 2.45) is 0 Å². The number of hydrogen-bond acceptors (Lipinski definition) is 4. The lowest BCUT2D eigenvalue weighted by Crippen LogP contribution is -2.26. The normalized spacial score (nSPS) is 11.5. The summed E-state index contributed by atoms with van der Waals surface area (Å²) in [6.07, 6.45) is 0. The number of aliphatic hydroxyl groups excluding tert-OH is 1. The molecule has 0 aliphatic heterocycles. The smallest absolute Gasteiger partial charge is 0.240 e. The zero-order valence-electron chi connectivity index (χ0n) is 9.31. The highest BCUT2D eigenvalue weighted by molar-refractivity contribution is 7.89. The molecule has 17 heavy (non-hydrogen) atoms. The van der Waals surface area contributed by atoms with E-state index in [9.17, 15) is 8.42 Å². The van der Waals surface area contributed by atoms with Gasteiger partial charge < -0.3 is 9.84 Å². The van der Waals surface area contributed by atoms with Gasteiger partial charge in [-0.2, -0.15) is 0 Å². The maximum Gasteiger partial charge on any atom is 0.240 e. The number of halogens is 1. The van der Waals surface area contributed by atoms with Crippen LogP contribution in [0.15, 0.2) is 23.1 Å². The van der Waals surface area contributed by atoms with E-state index in [4.69, 9.17) is 21.4 Å². The summed E-state index contributed by atoms with van der Waals surface area (Å²) in [4.78, 5) is 0.0411. The van der Waals surface area contributed by atoms with Crippen molar-refractivity contribution in [2.45, 2.75) is 11.8 Å². The van der Waals surface area contributed by atoms with Gasteiger partial charge in [-0.15, -0.1) is 0 Å². The second-order valence-corrected chi connectivity index (χ2v) is 5.32. The monoisotopic (exact) mass is 279 g/mol. The SMILES string of the molecule is CCOc1ccc(S(=O)(=O)NCCO)cc1Cl. The maximum atomic E-state index is 11.7. The number of benzene rings is 1. The Balaban J connectivity index is 2.96. The average Bonchev–Trinajstić information content (AvgIpc) is 2.29. The third kappa shape index (κ3) is 3.85. The summed E-state index contributed by atoms with van der Waals surface area (Å²) >= 11 is 5.88. The predicted molar refractivity (Wildman–Crippen MR) is 64.9 cm³/mol. The van der Waals surface area contributed by atoms with E-state index in [1.54, 1.807) is 0 Å². The van der Waals surface area contributed by atoms with Crippen LogP contribution in [0.25, 0.3) is 0 Å². The van der Waals surface area contributed by atoms with Crippen LogP contribution in [0.5, 0.6) is 5.75 Å². The number of rotatable bonds is 6. The Hall–Kier alpha value is -0.820. The predicted octanol–water partition coefficient (Wildman–Crippen LogP) is 1.01. The Labute approximate surface area is 105 Å². The van der Waals surface area contributed by atoms with Crippen molar-refractivity contribution in [3.8, 4) is 5.75 Å². The fraction of sp³-hybridized carbons (Fsp3) is 0.400. The molecule has 0 amide bonds. The van der Waals surface area contributed by atoms with Crippen molar-refractivity contribution in [3.05, 3.63) is 23.2 Å². The molecule has 1 aromatic rings. The van der Waals surface area contributed by atoms with Gasteiger partial charge in [0.2, 0.25) is 10.0 Å². The standard InChI is InChI=1S/C10H14ClNO4S/c1-2-16-10-4-3-8(7-9(10)11)17(14,15)12-5-6-13/h3-4,7,12-13H,2,5-6H2,1H3. The van der Waals surface area contributed by atoms with Gasteiger partial charge in [0.25, 0.3) is 0 Å². The van der Waals surface area contributed by atoms with E-state index in [1.165, 1.54) is 18.2 Å². The molecule has 96 valence electrons. The lowest BCUT2D eigenvalue weighted by atomic mass is 10.3. The molecule has 0 unspecified atom stereocenters. The Morgan fingerprint density at radius 1 is 1.47 bits per heavy atom. The summed E-state index contributed by atoms with van der Waals surface area (Å²) in [6.45, 7) is 1.97. The molecule has 1 aromatic carbocycles. The van der Waals surface area contributed by atoms with E-state index in [0.717, 1.165) is 0 Å². The minimum atomic E-state index is -3.63. The quantitative estimate of drug-likeness (QED) is 0.815. The minimum absolute atomic E-state index is 0.0346. The van der Waals surface area contributed by atoms with Crippen molar-refractivity contribution < 1.29 is 18.3 Å². The van der Waals surface area contributed by atoms with Crippen molar-refractivity contribution in [3.63, 3.8) is 0 Å². The molecule has 0 saturated heterocycles. The van der Waals surface area contributed by atoms with E-state index in [2.05, 4.69) is 4.72 Å². The van der Waals surface area contributed by atoms with E-state index in [0.29, 0.717) is 12.4 Å². The van der Waals surface area contributed by atoms with Crippen LogP contribution in [0, 0.1) is 0 Å². The summed E-state index contributed by atoms with van der Waals surface area (Å²) in [5, 5.41) is 8.81. The van der Waals surface area contributed by atoms with Crippen molar-refractivity contribution in [1.29, 1.82) is 0 Å². The number of hydrogen-bond donors (Lipinski definition) is 2. The molecular weight excluding hydrogens is 266 g/mol. The molecule has 0 radical (unpaired) electrons. The van der Waals surface area contributed by atoms with Crippen LogP contribution in [-0.4, -0.2) is 33.3 Å². The van der Waals surface area contributed by atoms with Gasteiger partial charge in [0.05, 0.1) is 23.1 Å². The van der Waals surface area contributed by atoms with Crippen LogP contribution >= 0.6 is 11.6 Å². The Morgan fingerprint density at radius 2 is 2.18 bits per heavy atom. The Kier molecular flexibility index (Phi) is 5.20. The van der Waals surface area contributed by atoms with Gasteiger partial charge in [-0.1, -0.05) is 11.6 Å². The lowest BCUT2D eigenvalue weighted by Gasteiger charge is -2.09. The summed E-state index contributed by atoms with van der Waals surface area (Å²) in [5.74, 6) is 0.440. The first-order valence-corrected chi connectivity index (χ1v) is 6.90. The first kappa shape index (κ1) is 14.2. The number of nitrogens with one attached hydrogen (secondary N) is 1. The second-order valence-electron chi connectivity index (χ2n) is 3.15. The van der Waals surface area contributed by atoms with Crippen LogP contribution in [-0.2, 0) is 10.0 Å². The maximum absolute atomic E-state index is 11.7. The molecule has 0 bridgehead atoms. The lowest BCUT2D eigenvalue weighted by molar-refractivity contribution is 0.301. The van der Waals surface area contributed by atoms with Gasteiger partial charge in [0.1, 0.15) is 5.75 Å². The average molecular weight is 280 g/mol. The van der Waals surface area contributed by atoms with Gasteiger partial charge in [-0.05, 0) is 25.1 Å². The third-order valence-electron chi connectivity index (χ3n) is 1.92. The van der Waals surface area contributed by atoms with Gasteiger partial charge in [0, 0.05) is 6.54 Å². The molecule has 0 aliphatic carbocycles.